The first-order chi connectivity index (χ1) is 15.4. The van der Waals surface area contributed by atoms with E-state index >= 15 is 0 Å². The van der Waals surface area contributed by atoms with Gasteiger partial charge in [0.05, 0.1) is 12.9 Å². The molecule has 1 amide bonds. The molecule has 0 aliphatic heterocycles. The zero-order chi connectivity index (χ0) is 23.1. The average molecular weight is 455 g/mol. The summed E-state index contributed by atoms with van der Waals surface area (Å²) in [5.74, 6) is 2.30. The Morgan fingerprint density at radius 1 is 1.09 bits per heavy atom. The third-order valence-corrected chi connectivity index (χ3v) is 5.87. The number of hydrogen-bond acceptors (Lipinski definition) is 6. The molecule has 0 fully saturated rings. The first-order valence-electron chi connectivity index (χ1n) is 10.7. The molecule has 1 aromatic heterocycles. The highest BCUT2D eigenvalue weighted by Crippen LogP contribution is 2.29. The number of rotatable bonds is 10. The molecule has 3 rings (SSSR count). The predicted molar refractivity (Wildman–Crippen MR) is 128 cm³/mol. The first-order valence-corrected chi connectivity index (χ1v) is 11.7. The molecule has 0 radical (unpaired) electrons. The monoisotopic (exact) mass is 454 g/mol. The summed E-state index contributed by atoms with van der Waals surface area (Å²) < 4.78 is 13.4. The van der Waals surface area contributed by atoms with E-state index in [4.69, 9.17) is 9.47 Å². The molecule has 2 aromatic carbocycles. The van der Waals surface area contributed by atoms with Crippen LogP contribution in [-0.4, -0.2) is 33.5 Å². The van der Waals surface area contributed by atoms with Crippen LogP contribution in [0.4, 0.5) is 5.69 Å². The normalized spacial score (nSPS) is 11.9. The van der Waals surface area contributed by atoms with Crippen LogP contribution in [0, 0.1) is 0 Å². The Morgan fingerprint density at radius 3 is 2.56 bits per heavy atom. The highest BCUT2D eigenvalue weighted by Gasteiger charge is 2.22. The van der Waals surface area contributed by atoms with E-state index in [9.17, 15) is 4.79 Å². The van der Waals surface area contributed by atoms with Gasteiger partial charge in [-0.25, -0.2) is 0 Å². The fourth-order valence-corrected chi connectivity index (χ4v) is 4.22. The van der Waals surface area contributed by atoms with Gasteiger partial charge in [0.25, 0.3) is 0 Å². The second-order valence-corrected chi connectivity index (χ2v) is 8.53. The molecule has 1 heterocycles. The van der Waals surface area contributed by atoms with Gasteiger partial charge in [-0.3, -0.25) is 4.79 Å². The Bertz CT molecular complexity index is 1050. The molecule has 0 saturated heterocycles. The quantitative estimate of drug-likeness (QED) is 0.419. The van der Waals surface area contributed by atoms with Crippen molar-refractivity contribution >= 4 is 23.4 Å². The number of anilines is 1. The summed E-state index contributed by atoms with van der Waals surface area (Å²) in [5, 5.41) is 12.4. The summed E-state index contributed by atoms with van der Waals surface area (Å²) in [6, 6.07) is 15.4. The molecule has 0 aliphatic carbocycles. The van der Waals surface area contributed by atoms with Crippen LogP contribution in [0.5, 0.6) is 11.5 Å². The van der Waals surface area contributed by atoms with Gasteiger partial charge in [0.1, 0.15) is 11.5 Å². The van der Waals surface area contributed by atoms with Gasteiger partial charge in [0.15, 0.2) is 17.1 Å². The van der Waals surface area contributed by atoms with Gasteiger partial charge in [-0.15, -0.1) is 10.2 Å². The number of nitrogens with one attached hydrogen (secondary N) is 1. The van der Waals surface area contributed by atoms with Crippen molar-refractivity contribution in [3.05, 3.63) is 59.9 Å². The van der Waals surface area contributed by atoms with Crippen LogP contribution in [0.3, 0.4) is 0 Å². The molecule has 0 spiro atoms. The van der Waals surface area contributed by atoms with Crippen molar-refractivity contribution in [3.8, 4) is 11.5 Å². The highest BCUT2D eigenvalue weighted by molar-refractivity contribution is 7.99. The fraction of sp³-hybridized carbons (Fsp3) is 0.375. The standard InChI is InChI=1S/C24H30N4O3S/c1-6-18-10-7-8-13-21(18)25-22(29)15-32-24-27-26-23(28(24)16(2)3)17(4)31-20-12-9-11-19(14-20)30-5/h7-14,16-17H,6,15H2,1-5H3,(H,25,29). The van der Waals surface area contributed by atoms with Gasteiger partial charge in [-0.1, -0.05) is 43.0 Å². The molecule has 170 valence electrons. The molecule has 0 aliphatic rings. The number of amides is 1. The summed E-state index contributed by atoms with van der Waals surface area (Å²) in [4.78, 5) is 12.6. The third kappa shape index (κ3) is 5.82. The molecule has 1 atom stereocenters. The van der Waals surface area contributed by atoms with Gasteiger partial charge in [-0.05, 0) is 51.0 Å². The maximum Gasteiger partial charge on any atom is 0.234 e. The van der Waals surface area contributed by atoms with Crippen LogP contribution in [-0.2, 0) is 11.2 Å². The Hall–Kier alpha value is -3.00. The minimum atomic E-state index is -0.323. The van der Waals surface area contributed by atoms with E-state index in [0.717, 1.165) is 23.4 Å². The number of carbonyl (C=O) groups is 1. The number of nitrogens with zero attached hydrogens (tertiary/aromatic N) is 3. The van der Waals surface area contributed by atoms with Crippen molar-refractivity contribution in [1.82, 2.24) is 14.8 Å². The van der Waals surface area contributed by atoms with Crippen LogP contribution in [0.25, 0.3) is 0 Å². The molecular formula is C24H30N4O3S. The van der Waals surface area contributed by atoms with Crippen molar-refractivity contribution in [2.24, 2.45) is 0 Å². The van der Waals surface area contributed by atoms with Gasteiger partial charge in [-0.2, -0.15) is 0 Å². The number of para-hydroxylation sites is 1. The van der Waals surface area contributed by atoms with Gasteiger partial charge in [0, 0.05) is 17.8 Å². The van der Waals surface area contributed by atoms with Crippen LogP contribution in [0.15, 0.2) is 53.7 Å². The number of aryl methyl sites for hydroxylation is 1. The summed E-state index contributed by atoms with van der Waals surface area (Å²) in [7, 11) is 1.62. The molecule has 7 nitrogen and oxygen atoms in total. The zero-order valence-corrected chi connectivity index (χ0v) is 20.0. The molecule has 8 heteroatoms. The largest absolute Gasteiger partial charge is 0.497 e. The van der Waals surface area contributed by atoms with E-state index in [1.54, 1.807) is 7.11 Å². The van der Waals surface area contributed by atoms with Crippen molar-refractivity contribution < 1.29 is 14.3 Å². The summed E-state index contributed by atoms with van der Waals surface area (Å²) >= 11 is 1.37. The lowest BCUT2D eigenvalue weighted by atomic mass is 10.1. The van der Waals surface area contributed by atoms with Gasteiger partial charge < -0.3 is 19.4 Å². The Kier molecular flexibility index (Phi) is 8.16. The maximum absolute atomic E-state index is 12.6. The molecule has 3 aromatic rings. The molecule has 0 saturated carbocycles. The van der Waals surface area contributed by atoms with E-state index in [0.29, 0.717) is 16.7 Å². The topological polar surface area (TPSA) is 78.3 Å². The second-order valence-electron chi connectivity index (χ2n) is 7.59. The minimum Gasteiger partial charge on any atom is -0.497 e. The second kappa shape index (κ2) is 11.0. The van der Waals surface area contributed by atoms with Crippen molar-refractivity contribution in [1.29, 1.82) is 0 Å². The van der Waals surface area contributed by atoms with E-state index in [1.165, 1.54) is 11.8 Å². The van der Waals surface area contributed by atoms with Crippen LogP contribution < -0.4 is 14.8 Å². The van der Waals surface area contributed by atoms with E-state index in [1.807, 2.05) is 60.0 Å². The Labute approximate surface area is 193 Å². The lowest BCUT2D eigenvalue weighted by Gasteiger charge is -2.19. The van der Waals surface area contributed by atoms with Crippen LogP contribution in [0.2, 0.25) is 0 Å². The Balaban J connectivity index is 1.69. The van der Waals surface area contributed by atoms with E-state index in [2.05, 4.69) is 36.3 Å². The van der Waals surface area contributed by atoms with E-state index in [-0.39, 0.29) is 23.8 Å². The highest BCUT2D eigenvalue weighted by atomic mass is 32.2. The molecule has 1 N–H and O–H groups in total. The van der Waals surface area contributed by atoms with Crippen LogP contribution >= 0.6 is 11.8 Å². The molecule has 1 unspecified atom stereocenters. The SMILES string of the molecule is CCc1ccccc1NC(=O)CSc1nnc(C(C)Oc2cccc(OC)c2)n1C(C)C. The summed E-state index contributed by atoms with van der Waals surface area (Å²) in [6.45, 7) is 8.13. The van der Waals surface area contributed by atoms with Crippen molar-refractivity contribution in [2.45, 2.75) is 51.4 Å². The number of thioether (sulfide) groups is 1. The number of methoxy groups -OCH3 is 1. The van der Waals surface area contributed by atoms with Crippen LogP contribution in [0.1, 0.15) is 51.2 Å². The maximum atomic E-state index is 12.6. The number of aromatic nitrogens is 3. The molecule has 32 heavy (non-hydrogen) atoms. The smallest absolute Gasteiger partial charge is 0.234 e. The lowest BCUT2D eigenvalue weighted by molar-refractivity contribution is -0.113. The minimum absolute atomic E-state index is 0.0727. The number of carbonyl (C=O) groups excluding carboxylic acids is 1. The molecule has 0 bridgehead atoms. The number of ether oxygens (including phenoxy) is 2. The Morgan fingerprint density at radius 2 is 1.84 bits per heavy atom. The van der Waals surface area contributed by atoms with Gasteiger partial charge >= 0.3 is 0 Å². The number of benzene rings is 2. The number of hydrogen-bond donors (Lipinski definition) is 1. The fourth-order valence-electron chi connectivity index (χ4n) is 3.35. The van der Waals surface area contributed by atoms with Crippen molar-refractivity contribution in [2.75, 3.05) is 18.2 Å². The first kappa shape index (κ1) is 23.7. The van der Waals surface area contributed by atoms with Gasteiger partial charge in [0.2, 0.25) is 5.91 Å². The van der Waals surface area contributed by atoms with E-state index < -0.39 is 0 Å². The predicted octanol–water partition coefficient (Wildman–Crippen LogP) is 5.30. The molecular weight excluding hydrogens is 424 g/mol. The summed E-state index contributed by atoms with van der Waals surface area (Å²) in [6.07, 6.45) is 0.538. The average Bonchev–Trinajstić information content (AvgIpc) is 3.23. The lowest BCUT2D eigenvalue weighted by Crippen LogP contribution is -2.17. The van der Waals surface area contributed by atoms with Crippen molar-refractivity contribution in [3.63, 3.8) is 0 Å². The third-order valence-electron chi connectivity index (χ3n) is 4.93. The zero-order valence-electron chi connectivity index (χ0n) is 19.2. The summed E-state index contributed by atoms with van der Waals surface area (Å²) in [5.41, 5.74) is 1.97.